The number of nitrogens with zero attached hydrogens (tertiary/aromatic N) is 2. The third kappa shape index (κ3) is 2.49. The monoisotopic (exact) mass is 311 g/mol. The topological polar surface area (TPSA) is 44.5 Å². The molecule has 0 atom stereocenters. The van der Waals surface area contributed by atoms with Crippen LogP contribution in [0.5, 0.6) is 0 Å². The maximum absolute atomic E-state index is 8.93. The lowest BCUT2D eigenvalue weighted by Gasteiger charge is -2.10. The molecule has 3 aromatic rings. The van der Waals surface area contributed by atoms with Gasteiger partial charge in [0.25, 0.3) is 0 Å². The molecule has 2 aromatic carbocycles. The summed E-state index contributed by atoms with van der Waals surface area (Å²) in [5.74, 6) is 0. The highest BCUT2D eigenvalue weighted by Crippen LogP contribution is 2.28. The molecule has 0 bridgehead atoms. The zero-order valence-electron chi connectivity index (χ0n) is 10.9. The van der Waals surface area contributed by atoms with Gasteiger partial charge in [-0.25, -0.2) is 0 Å². The first-order valence-electron chi connectivity index (χ1n) is 6.26. The van der Waals surface area contributed by atoms with Crippen LogP contribution in [-0.2, 0) is 0 Å². The van der Waals surface area contributed by atoms with Gasteiger partial charge in [-0.15, -0.1) is 0 Å². The summed E-state index contributed by atoms with van der Waals surface area (Å²) in [6, 6.07) is 17.2. The van der Waals surface area contributed by atoms with E-state index in [-0.39, 0.29) is 0 Å². The number of halogens is 1. The summed E-state index contributed by atoms with van der Waals surface area (Å²) >= 11 is 11.7. The SMILES string of the molecule is N#Cc1ccc(-n2c(-c3ccccc3)c[nH]c2=S)c(Cl)c1. The van der Waals surface area contributed by atoms with Crippen molar-refractivity contribution < 1.29 is 0 Å². The fraction of sp³-hybridized carbons (Fsp3) is 0. The fourth-order valence-corrected chi connectivity index (χ4v) is 2.71. The molecule has 1 N–H and O–H groups in total. The van der Waals surface area contributed by atoms with E-state index < -0.39 is 0 Å². The molecule has 0 aliphatic rings. The first-order chi connectivity index (χ1) is 10.2. The van der Waals surface area contributed by atoms with Gasteiger partial charge in [0, 0.05) is 11.8 Å². The van der Waals surface area contributed by atoms with Gasteiger partial charge in [0.15, 0.2) is 4.77 Å². The Balaban J connectivity index is 2.23. The number of benzene rings is 2. The smallest absolute Gasteiger partial charge is 0.182 e. The number of nitrogens with one attached hydrogen (secondary N) is 1. The Hall–Kier alpha value is -2.35. The van der Waals surface area contributed by atoms with Gasteiger partial charge in [-0.3, -0.25) is 4.57 Å². The summed E-state index contributed by atoms with van der Waals surface area (Å²) in [6.45, 7) is 0. The lowest BCUT2D eigenvalue weighted by Crippen LogP contribution is -1.98. The van der Waals surface area contributed by atoms with E-state index in [0.29, 0.717) is 15.4 Å². The fourth-order valence-electron chi connectivity index (χ4n) is 2.19. The predicted molar refractivity (Wildman–Crippen MR) is 86.1 cm³/mol. The van der Waals surface area contributed by atoms with Crippen molar-refractivity contribution in [2.45, 2.75) is 0 Å². The average Bonchev–Trinajstić information content (AvgIpc) is 2.89. The van der Waals surface area contributed by atoms with E-state index in [1.54, 1.807) is 18.2 Å². The molecule has 102 valence electrons. The molecule has 3 nitrogen and oxygen atoms in total. The van der Waals surface area contributed by atoms with Crippen molar-refractivity contribution in [3.63, 3.8) is 0 Å². The molecule has 5 heteroatoms. The Bertz CT molecular complexity index is 888. The van der Waals surface area contributed by atoms with Gasteiger partial charge < -0.3 is 4.98 Å². The van der Waals surface area contributed by atoms with Gasteiger partial charge in [0.1, 0.15) is 0 Å². The van der Waals surface area contributed by atoms with Crippen LogP contribution in [0.1, 0.15) is 5.56 Å². The second kappa shape index (κ2) is 5.57. The molecule has 0 saturated heterocycles. The van der Waals surface area contributed by atoms with Gasteiger partial charge in [-0.05, 0) is 30.4 Å². The number of aromatic nitrogens is 2. The zero-order valence-corrected chi connectivity index (χ0v) is 12.4. The molecule has 3 rings (SSSR count). The minimum absolute atomic E-state index is 0.488. The molecule has 1 aromatic heterocycles. The summed E-state index contributed by atoms with van der Waals surface area (Å²) in [5.41, 5.74) is 3.23. The van der Waals surface area contributed by atoms with Crippen LogP contribution in [0, 0.1) is 16.1 Å². The molecule has 0 aliphatic carbocycles. The van der Waals surface area contributed by atoms with Crippen LogP contribution in [0.4, 0.5) is 0 Å². The van der Waals surface area contributed by atoms with Gasteiger partial charge >= 0.3 is 0 Å². The number of aromatic amines is 1. The van der Waals surface area contributed by atoms with Crippen molar-refractivity contribution >= 4 is 23.8 Å². The van der Waals surface area contributed by atoms with Crippen LogP contribution >= 0.6 is 23.8 Å². The lowest BCUT2D eigenvalue weighted by molar-refractivity contribution is 1.04. The number of rotatable bonds is 2. The van der Waals surface area contributed by atoms with Gasteiger partial charge in [-0.2, -0.15) is 5.26 Å². The Labute approximate surface area is 132 Å². The number of hydrogen-bond donors (Lipinski definition) is 1. The summed E-state index contributed by atoms with van der Waals surface area (Å²) in [6.07, 6.45) is 1.85. The third-order valence-corrected chi connectivity index (χ3v) is 3.77. The zero-order chi connectivity index (χ0) is 14.8. The quantitative estimate of drug-likeness (QED) is 0.695. The predicted octanol–water partition coefficient (Wildman–Crippen LogP) is 4.73. The van der Waals surface area contributed by atoms with Crippen LogP contribution in [0.3, 0.4) is 0 Å². The third-order valence-electron chi connectivity index (χ3n) is 3.16. The largest absolute Gasteiger partial charge is 0.336 e. The second-order valence-electron chi connectivity index (χ2n) is 4.46. The summed E-state index contributed by atoms with van der Waals surface area (Å²) < 4.78 is 2.43. The highest BCUT2D eigenvalue weighted by atomic mass is 35.5. The number of imidazole rings is 1. The maximum Gasteiger partial charge on any atom is 0.182 e. The van der Waals surface area contributed by atoms with E-state index >= 15 is 0 Å². The van der Waals surface area contributed by atoms with Crippen molar-refractivity contribution in [2.75, 3.05) is 0 Å². The van der Waals surface area contributed by atoms with E-state index in [1.807, 2.05) is 41.1 Å². The molecule has 0 radical (unpaired) electrons. The number of H-pyrrole nitrogens is 1. The lowest BCUT2D eigenvalue weighted by atomic mass is 10.1. The Morgan fingerprint density at radius 2 is 1.90 bits per heavy atom. The van der Waals surface area contributed by atoms with Crippen LogP contribution in [0.25, 0.3) is 16.9 Å². The number of hydrogen-bond acceptors (Lipinski definition) is 2. The van der Waals surface area contributed by atoms with Crippen LogP contribution < -0.4 is 0 Å². The van der Waals surface area contributed by atoms with Crippen molar-refractivity contribution in [2.24, 2.45) is 0 Å². The molecule has 0 unspecified atom stereocenters. The molecule has 0 fully saturated rings. The van der Waals surface area contributed by atoms with Crippen LogP contribution in [-0.4, -0.2) is 9.55 Å². The first kappa shape index (κ1) is 13.6. The molecule has 21 heavy (non-hydrogen) atoms. The number of nitriles is 1. The minimum Gasteiger partial charge on any atom is -0.336 e. The highest BCUT2D eigenvalue weighted by molar-refractivity contribution is 7.71. The molecule has 1 heterocycles. The van der Waals surface area contributed by atoms with Crippen LogP contribution in [0.2, 0.25) is 5.02 Å². The van der Waals surface area contributed by atoms with Gasteiger partial charge in [0.2, 0.25) is 0 Å². The Morgan fingerprint density at radius 3 is 2.57 bits per heavy atom. The van der Waals surface area contributed by atoms with Crippen molar-refractivity contribution in [3.05, 3.63) is 70.1 Å². The summed E-state index contributed by atoms with van der Waals surface area (Å²) in [4.78, 5) is 3.04. The minimum atomic E-state index is 0.488. The van der Waals surface area contributed by atoms with E-state index in [1.165, 1.54) is 0 Å². The normalized spacial score (nSPS) is 10.3. The van der Waals surface area contributed by atoms with E-state index in [4.69, 9.17) is 29.1 Å². The molecular weight excluding hydrogens is 302 g/mol. The summed E-state index contributed by atoms with van der Waals surface area (Å²) in [7, 11) is 0. The molecule has 0 amide bonds. The molecular formula is C16H10ClN3S. The average molecular weight is 312 g/mol. The highest BCUT2D eigenvalue weighted by Gasteiger charge is 2.11. The first-order valence-corrected chi connectivity index (χ1v) is 7.05. The second-order valence-corrected chi connectivity index (χ2v) is 5.25. The maximum atomic E-state index is 8.93. The van der Waals surface area contributed by atoms with E-state index in [2.05, 4.69) is 11.1 Å². The van der Waals surface area contributed by atoms with Gasteiger partial charge in [-0.1, -0.05) is 41.9 Å². The molecule has 0 aliphatic heterocycles. The van der Waals surface area contributed by atoms with Crippen molar-refractivity contribution in [1.82, 2.24) is 9.55 Å². The Morgan fingerprint density at radius 1 is 1.14 bits per heavy atom. The standard InChI is InChI=1S/C16H10ClN3S/c17-13-8-11(9-18)6-7-14(13)20-15(10-19-16(20)21)12-4-2-1-3-5-12/h1-8,10H,(H,19,21). The summed E-state index contributed by atoms with van der Waals surface area (Å²) in [5, 5.41) is 9.42. The molecule has 0 spiro atoms. The van der Waals surface area contributed by atoms with Crippen molar-refractivity contribution in [3.8, 4) is 23.0 Å². The van der Waals surface area contributed by atoms with Crippen LogP contribution in [0.15, 0.2) is 54.7 Å². The van der Waals surface area contributed by atoms with E-state index in [0.717, 1.165) is 16.9 Å². The molecule has 0 saturated carbocycles. The van der Waals surface area contributed by atoms with Gasteiger partial charge in [0.05, 0.1) is 28.0 Å². The van der Waals surface area contributed by atoms with E-state index in [9.17, 15) is 0 Å². The van der Waals surface area contributed by atoms with Crippen molar-refractivity contribution in [1.29, 1.82) is 5.26 Å². The Kier molecular flexibility index (Phi) is 3.61.